The number of ether oxygens (including phenoxy) is 1. The maximum atomic E-state index is 13.2. The third kappa shape index (κ3) is 6.43. The summed E-state index contributed by atoms with van der Waals surface area (Å²) in [5.41, 5.74) is 4.30. The molecule has 0 radical (unpaired) electrons. The summed E-state index contributed by atoms with van der Waals surface area (Å²) in [5.74, 6) is -0.640. The molecule has 0 atom stereocenters. The van der Waals surface area contributed by atoms with Gasteiger partial charge in [-0.2, -0.15) is 5.10 Å². The van der Waals surface area contributed by atoms with Crippen molar-refractivity contribution in [1.29, 1.82) is 0 Å². The smallest absolute Gasteiger partial charge is 0.259 e. The zero-order valence-electron chi connectivity index (χ0n) is 18.5. The molecule has 35 heavy (non-hydrogen) atoms. The molecule has 6 nitrogen and oxygen atoms in total. The lowest BCUT2D eigenvalue weighted by Gasteiger charge is -2.12. The second-order valence-electron chi connectivity index (χ2n) is 7.60. The summed E-state index contributed by atoms with van der Waals surface area (Å²) < 4.78 is 19.1. The molecule has 4 rings (SSSR count). The van der Waals surface area contributed by atoms with Gasteiger partial charge in [0.25, 0.3) is 11.8 Å². The van der Waals surface area contributed by atoms with Crippen LogP contribution in [0.15, 0.2) is 90.0 Å². The van der Waals surface area contributed by atoms with Crippen molar-refractivity contribution in [3.8, 4) is 5.75 Å². The Morgan fingerprint density at radius 2 is 1.69 bits per heavy atom. The second-order valence-corrected chi connectivity index (χ2v) is 8.03. The van der Waals surface area contributed by atoms with E-state index in [-0.39, 0.29) is 19.0 Å². The Morgan fingerprint density at radius 3 is 2.46 bits per heavy atom. The maximum Gasteiger partial charge on any atom is 0.259 e. The van der Waals surface area contributed by atoms with Gasteiger partial charge in [-0.15, -0.1) is 0 Å². The fourth-order valence-corrected chi connectivity index (χ4v) is 3.47. The van der Waals surface area contributed by atoms with Gasteiger partial charge in [0.2, 0.25) is 0 Å². The fourth-order valence-electron chi connectivity index (χ4n) is 3.35. The summed E-state index contributed by atoms with van der Waals surface area (Å²) in [6.45, 7) is -0.00912. The van der Waals surface area contributed by atoms with Gasteiger partial charge in [0, 0.05) is 16.1 Å². The van der Waals surface area contributed by atoms with Gasteiger partial charge in [-0.25, -0.2) is 9.82 Å². The molecule has 2 amide bonds. The molecule has 176 valence electrons. The van der Waals surface area contributed by atoms with Crippen LogP contribution in [-0.2, 0) is 11.4 Å². The van der Waals surface area contributed by atoms with Crippen molar-refractivity contribution in [2.75, 3.05) is 6.54 Å². The standard InChI is InChI=1S/C27H21ClFN3O3/c28-21-10-7-20(8-11-21)27(34)30-16-26(33)32-31-15-24-23-4-2-1-3-19(23)9-14-25(24)35-17-18-5-12-22(29)13-6-18/h1-15H,16-17H2,(H,30,34)(H,32,33)/b31-15-. The number of carbonyl (C=O) groups is 2. The summed E-state index contributed by atoms with van der Waals surface area (Å²) in [6, 6.07) is 23.9. The molecule has 0 aromatic heterocycles. The van der Waals surface area contributed by atoms with Crippen LogP contribution in [0.2, 0.25) is 5.02 Å². The van der Waals surface area contributed by atoms with E-state index in [1.54, 1.807) is 36.4 Å². The van der Waals surface area contributed by atoms with Crippen molar-refractivity contribution >= 4 is 40.4 Å². The van der Waals surface area contributed by atoms with Crippen LogP contribution in [0.4, 0.5) is 4.39 Å². The van der Waals surface area contributed by atoms with Crippen LogP contribution in [0.1, 0.15) is 21.5 Å². The van der Waals surface area contributed by atoms with E-state index in [0.717, 1.165) is 16.3 Å². The normalized spacial score (nSPS) is 10.9. The highest BCUT2D eigenvalue weighted by molar-refractivity contribution is 6.30. The van der Waals surface area contributed by atoms with E-state index in [1.807, 2.05) is 36.4 Å². The van der Waals surface area contributed by atoms with Crippen molar-refractivity contribution in [2.24, 2.45) is 5.10 Å². The monoisotopic (exact) mass is 489 g/mol. The first-order valence-electron chi connectivity index (χ1n) is 10.7. The quantitative estimate of drug-likeness (QED) is 0.267. The third-order valence-electron chi connectivity index (χ3n) is 5.14. The Balaban J connectivity index is 1.42. The van der Waals surface area contributed by atoms with Crippen LogP contribution in [0.25, 0.3) is 10.8 Å². The van der Waals surface area contributed by atoms with Crippen molar-refractivity contribution in [2.45, 2.75) is 6.61 Å². The van der Waals surface area contributed by atoms with Crippen LogP contribution >= 0.6 is 11.6 Å². The predicted molar refractivity (Wildman–Crippen MR) is 134 cm³/mol. The lowest BCUT2D eigenvalue weighted by atomic mass is 10.0. The van der Waals surface area contributed by atoms with E-state index in [9.17, 15) is 14.0 Å². The zero-order valence-corrected chi connectivity index (χ0v) is 19.3. The molecular formula is C27H21ClFN3O3. The molecule has 2 N–H and O–H groups in total. The molecule has 0 aliphatic heterocycles. The molecule has 0 bridgehead atoms. The van der Waals surface area contributed by atoms with E-state index in [1.165, 1.54) is 18.3 Å². The van der Waals surface area contributed by atoms with Gasteiger partial charge >= 0.3 is 0 Å². The number of amides is 2. The average Bonchev–Trinajstić information content (AvgIpc) is 2.88. The van der Waals surface area contributed by atoms with Crippen molar-refractivity contribution in [1.82, 2.24) is 10.7 Å². The van der Waals surface area contributed by atoms with E-state index >= 15 is 0 Å². The van der Waals surface area contributed by atoms with Crippen LogP contribution in [0, 0.1) is 5.82 Å². The Hall–Kier alpha value is -4.23. The van der Waals surface area contributed by atoms with Gasteiger partial charge in [-0.3, -0.25) is 9.59 Å². The minimum atomic E-state index is -0.488. The Morgan fingerprint density at radius 1 is 0.943 bits per heavy atom. The molecule has 0 saturated heterocycles. The van der Waals surface area contributed by atoms with Crippen LogP contribution < -0.4 is 15.5 Å². The first-order valence-corrected chi connectivity index (χ1v) is 11.1. The minimum absolute atomic E-state index is 0.239. The van der Waals surface area contributed by atoms with Crippen molar-refractivity contribution in [3.63, 3.8) is 0 Å². The van der Waals surface area contributed by atoms with Crippen molar-refractivity contribution < 1.29 is 18.7 Å². The number of benzene rings is 4. The molecular weight excluding hydrogens is 469 g/mol. The Labute approximate surface area is 206 Å². The van der Waals surface area contributed by atoms with E-state index < -0.39 is 11.8 Å². The van der Waals surface area contributed by atoms with Crippen LogP contribution in [-0.4, -0.2) is 24.6 Å². The first kappa shape index (κ1) is 23.9. The van der Waals surface area contributed by atoms with Gasteiger partial charge in [0.1, 0.15) is 18.2 Å². The van der Waals surface area contributed by atoms with Gasteiger partial charge in [0.05, 0.1) is 12.8 Å². The van der Waals surface area contributed by atoms with Crippen LogP contribution in [0.3, 0.4) is 0 Å². The number of rotatable bonds is 8. The Kier molecular flexibility index (Phi) is 7.70. The van der Waals surface area contributed by atoms with Crippen LogP contribution in [0.5, 0.6) is 5.75 Å². The zero-order chi connectivity index (χ0) is 24.6. The third-order valence-corrected chi connectivity index (χ3v) is 5.39. The molecule has 4 aromatic rings. The van der Waals surface area contributed by atoms with Gasteiger partial charge in [-0.05, 0) is 58.8 Å². The average molecular weight is 490 g/mol. The highest BCUT2D eigenvalue weighted by Crippen LogP contribution is 2.27. The van der Waals surface area contributed by atoms with E-state index in [2.05, 4.69) is 15.8 Å². The second kappa shape index (κ2) is 11.3. The number of halogens is 2. The minimum Gasteiger partial charge on any atom is -0.488 e. The molecule has 8 heteroatoms. The summed E-state index contributed by atoms with van der Waals surface area (Å²) >= 11 is 5.82. The molecule has 0 spiro atoms. The lowest BCUT2D eigenvalue weighted by molar-refractivity contribution is -0.120. The predicted octanol–water partition coefficient (Wildman–Crippen LogP) is 5.09. The number of nitrogens with one attached hydrogen (secondary N) is 2. The fraction of sp³-hybridized carbons (Fsp3) is 0.0741. The molecule has 0 unspecified atom stereocenters. The summed E-state index contributed by atoms with van der Waals surface area (Å²) in [4.78, 5) is 24.3. The number of hydrazone groups is 1. The molecule has 4 aromatic carbocycles. The summed E-state index contributed by atoms with van der Waals surface area (Å²) in [5, 5.41) is 8.97. The summed E-state index contributed by atoms with van der Waals surface area (Å²) in [6.07, 6.45) is 1.50. The first-order chi connectivity index (χ1) is 17.0. The summed E-state index contributed by atoms with van der Waals surface area (Å²) in [7, 11) is 0. The van der Waals surface area contributed by atoms with E-state index in [0.29, 0.717) is 21.9 Å². The van der Waals surface area contributed by atoms with E-state index in [4.69, 9.17) is 16.3 Å². The maximum absolute atomic E-state index is 13.2. The van der Waals surface area contributed by atoms with Gasteiger partial charge < -0.3 is 10.1 Å². The molecule has 0 fully saturated rings. The number of hydrogen-bond acceptors (Lipinski definition) is 4. The highest BCUT2D eigenvalue weighted by Gasteiger charge is 2.10. The topological polar surface area (TPSA) is 79.8 Å². The number of nitrogens with zero attached hydrogens (tertiary/aromatic N) is 1. The lowest BCUT2D eigenvalue weighted by Crippen LogP contribution is -2.34. The van der Waals surface area contributed by atoms with Gasteiger partial charge in [0.15, 0.2) is 0 Å². The molecule has 0 saturated carbocycles. The SMILES string of the molecule is O=C(CNC(=O)c1ccc(Cl)cc1)N/N=C\c1c(OCc2ccc(F)cc2)ccc2ccccc12. The van der Waals surface area contributed by atoms with Gasteiger partial charge in [-0.1, -0.05) is 54.1 Å². The highest BCUT2D eigenvalue weighted by atomic mass is 35.5. The Bertz CT molecular complexity index is 1370. The molecule has 0 aliphatic carbocycles. The number of carbonyl (C=O) groups excluding carboxylic acids is 2. The van der Waals surface area contributed by atoms with Crippen molar-refractivity contribution in [3.05, 3.63) is 112 Å². The number of fused-ring (bicyclic) bond motifs is 1. The molecule has 0 heterocycles. The molecule has 0 aliphatic rings. The number of hydrogen-bond donors (Lipinski definition) is 2. The largest absolute Gasteiger partial charge is 0.488 e.